The molecule has 2 aliphatic rings. The van der Waals surface area contributed by atoms with E-state index in [1.54, 1.807) is 6.07 Å². The number of rotatable bonds is 7. The molecule has 29 heavy (non-hydrogen) atoms. The highest BCUT2D eigenvalue weighted by atomic mass is 19.4. The number of alkyl halides is 3. The van der Waals surface area contributed by atoms with Crippen LogP contribution in [0.15, 0.2) is 42.5 Å². The summed E-state index contributed by atoms with van der Waals surface area (Å²) in [6, 6.07) is 12.9. The van der Waals surface area contributed by atoms with Gasteiger partial charge in [0.15, 0.2) is 0 Å². The van der Waals surface area contributed by atoms with Crippen molar-refractivity contribution in [1.29, 1.82) is 0 Å². The lowest BCUT2D eigenvalue weighted by Crippen LogP contribution is -2.27. The van der Waals surface area contributed by atoms with E-state index in [-0.39, 0.29) is 5.75 Å². The summed E-state index contributed by atoms with van der Waals surface area (Å²) in [6.45, 7) is 9.04. The summed E-state index contributed by atoms with van der Waals surface area (Å²) in [5.41, 5.74) is 4.82. The van der Waals surface area contributed by atoms with Crippen LogP contribution in [0, 0.1) is 31.6 Å². The summed E-state index contributed by atoms with van der Waals surface area (Å²) in [5, 5.41) is 3.41. The number of ether oxygens (including phenoxy) is 1. The van der Waals surface area contributed by atoms with E-state index in [2.05, 4.69) is 47.0 Å². The van der Waals surface area contributed by atoms with Gasteiger partial charge in [0.1, 0.15) is 5.75 Å². The summed E-state index contributed by atoms with van der Waals surface area (Å²) >= 11 is 0. The van der Waals surface area contributed by atoms with Gasteiger partial charge in [-0.15, -0.1) is 13.2 Å². The average molecular weight is 404 g/mol. The SMILES string of the molecule is Cc1cc(C)cc(CN2CC3C(CNCc4cccc(OC(F)(F)F)c4)C3C2)c1. The fourth-order valence-corrected chi connectivity index (χ4v) is 4.82. The van der Waals surface area contributed by atoms with Crippen LogP contribution in [0.5, 0.6) is 5.75 Å². The Morgan fingerprint density at radius 3 is 2.34 bits per heavy atom. The van der Waals surface area contributed by atoms with Crippen molar-refractivity contribution in [3.8, 4) is 5.75 Å². The number of nitrogens with one attached hydrogen (secondary N) is 1. The largest absolute Gasteiger partial charge is 0.573 e. The topological polar surface area (TPSA) is 24.5 Å². The van der Waals surface area contributed by atoms with Gasteiger partial charge in [0, 0.05) is 26.2 Å². The average Bonchev–Trinajstić information content (AvgIpc) is 3.05. The maximum atomic E-state index is 12.3. The minimum atomic E-state index is -4.65. The van der Waals surface area contributed by atoms with E-state index in [0.29, 0.717) is 12.5 Å². The van der Waals surface area contributed by atoms with Gasteiger partial charge in [-0.05, 0) is 61.4 Å². The van der Waals surface area contributed by atoms with E-state index in [4.69, 9.17) is 0 Å². The third-order valence-corrected chi connectivity index (χ3v) is 5.98. The second-order valence-corrected chi connectivity index (χ2v) is 8.51. The highest BCUT2D eigenvalue weighted by Gasteiger charge is 2.54. The molecule has 3 nitrogen and oxygen atoms in total. The van der Waals surface area contributed by atoms with Gasteiger partial charge in [-0.25, -0.2) is 0 Å². The van der Waals surface area contributed by atoms with Gasteiger partial charge >= 0.3 is 6.36 Å². The summed E-state index contributed by atoms with van der Waals surface area (Å²) in [5.74, 6) is 2.00. The molecular formula is C23H27F3N2O. The molecule has 1 aliphatic heterocycles. The molecule has 2 aromatic rings. The number of aryl methyl sites for hydroxylation is 2. The van der Waals surface area contributed by atoms with E-state index in [1.165, 1.54) is 28.8 Å². The van der Waals surface area contributed by atoms with Crippen molar-refractivity contribution in [3.05, 3.63) is 64.7 Å². The minimum Gasteiger partial charge on any atom is -0.406 e. The van der Waals surface area contributed by atoms with Gasteiger partial charge in [0.05, 0.1) is 0 Å². The predicted molar refractivity (Wildman–Crippen MR) is 106 cm³/mol. The number of hydrogen-bond donors (Lipinski definition) is 1. The normalized spacial score (nSPS) is 23.8. The molecule has 156 valence electrons. The van der Waals surface area contributed by atoms with Crippen LogP contribution in [-0.2, 0) is 13.1 Å². The molecule has 1 aliphatic carbocycles. The first kappa shape index (κ1) is 20.2. The molecule has 1 N–H and O–H groups in total. The van der Waals surface area contributed by atoms with Gasteiger partial charge < -0.3 is 10.1 Å². The van der Waals surface area contributed by atoms with Crippen molar-refractivity contribution in [1.82, 2.24) is 10.2 Å². The highest BCUT2D eigenvalue weighted by molar-refractivity contribution is 5.29. The van der Waals surface area contributed by atoms with E-state index in [1.807, 2.05) is 6.07 Å². The number of fused-ring (bicyclic) bond motifs is 1. The van der Waals surface area contributed by atoms with E-state index in [0.717, 1.165) is 43.6 Å². The first-order valence-electron chi connectivity index (χ1n) is 10.1. The highest BCUT2D eigenvalue weighted by Crippen LogP contribution is 2.51. The lowest BCUT2D eigenvalue weighted by atomic mass is 10.1. The zero-order valence-corrected chi connectivity index (χ0v) is 16.8. The van der Waals surface area contributed by atoms with Gasteiger partial charge in [-0.3, -0.25) is 4.90 Å². The molecule has 2 aromatic carbocycles. The Balaban J connectivity index is 1.20. The number of halogens is 3. The fraction of sp³-hybridized carbons (Fsp3) is 0.478. The van der Waals surface area contributed by atoms with Crippen LogP contribution < -0.4 is 10.1 Å². The van der Waals surface area contributed by atoms with Crippen molar-refractivity contribution in [2.24, 2.45) is 17.8 Å². The molecule has 2 fully saturated rings. The smallest absolute Gasteiger partial charge is 0.406 e. The van der Waals surface area contributed by atoms with Crippen LogP contribution in [0.3, 0.4) is 0 Å². The number of nitrogens with zero attached hydrogens (tertiary/aromatic N) is 1. The van der Waals surface area contributed by atoms with Crippen molar-refractivity contribution < 1.29 is 17.9 Å². The standard InChI is InChI=1S/C23H27F3N2O/c1-15-6-16(2)8-18(7-15)12-28-13-21-20(22(21)14-28)11-27-10-17-4-3-5-19(9-17)29-23(24,25)26/h3-9,20-22,27H,10-14H2,1-2H3. The van der Waals surface area contributed by atoms with Crippen LogP contribution in [-0.4, -0.2) is 30.9 Å². The van der Waals surface area contributed by atoms with Crippen molar-refractivity contribution in [2.45, 2.75) is 33.3 Å². The molecule has 0 bridgehead atoms. The van der Waals surface area contributed by atoms with Gasteiger partial charge in [0.2, 0.25) is 0 Å². The molecule has 0 amide bonds. The zero-order valence-electron chi connectivity index (χ0n) is 16.8. The molecule has 0 aromatic heterocycles. The molecular weight excluding hydrogens is 377 g/mol. The van der Waals surface area contributed by atoms with Crippen LogP contribution in [0.25, 0.3) is 0 Å². The Kier molecular flexibility index (Phi) is 5.58. The Morgan fingerprint density at radius 1 is 1.00 bits per heavy atom. The number of benzene rings is 2. The molecule has 4 rings (SSSR count). The maximum Gasteiger partial charge on any atom is 0.573 e. The van der Waals surface area contributed by atoms with Crippen molar-refractivity contribution >= 4 is 0 Å². The van der Waals surface area contributed by atoms with Gasteiger partial charge in [-0.2, -0.15) is 0 Å². The van der Waals surface area contributed by atoms with E-state index < -0.39 is 6.36 Å². The first-order chi connectivity index (χ1) is 13.8. The third kappa shape index (κ3) is 5.31. The molecule has 1 saturated carbocycles. The molecule has 2 unspecified atom stereocenters. The van der Waals surface area contributed by atoms with E-state index in [9.17, 15) is 13.2 Å². The quantitative estimate of drug-likeness (QED) is 0.726. The van der Waals surface area contributed by atoms with Crippen molar-refractivity contribution in [3.63, 3.8) is 0 Å². The maximum absolute atomic E-state index is 12.3. The van der Waals surface area contributed by atoms with Crippen LogP contribution in [0.4, 0.5) is 13.2 Å². The van der Waals surface area contributed by atoms with Crippen LogP contribution in [0.1, 0.15) is 22.3 Å². The minimum absolute atomic E-state index is 0.165. The summed E-state index contributed by atoms with van der Waals surface area (Å²) in [7, 11) is 0. The zero-order chi connectivity index (χ0) is 20.6. The van der Waals surface area contributed by atoms with Gasteiger partial charge in [-0.1, -0.05) is 41.5 Å². The van der Waals surface area contributed by atoms with Crippen LogP contribution in [0.2, 0.25) is 0 Å². The first-order valence-corrected chi connectivity index (χ1v) is 10.1. The van der Waals surface area contributed by atoms with Gasteiger partial charge in [0.25, 0.3) is 0 Å². The summed E-state index contributed by atoms with van der Waals surface area (Å²) in [6.07, 6.45) is -4.65. The monoisotopic (exact) mass is 404 g/mol. The molecule has 0 spiro atoms. The lowest BCUT2D eigenvalue weighted by Gasteiger charge is -2.20. The summed E-state index contributed by atoms with van der Waals surface area (Å²) in [4.78, 5) is 2.54. The Morgan fingerprint density at radius 2 is 1.69 bits per heavy atom. The van der Waals surface area contributed by atoms with Crippen molar-refractivity contribution in [2.75, 3.05) is 19.6 Å². The third-order valence-electron chi connectivity index (χ3n) is 5.98. The van der Waals surface area contributed by atoms with Crippen LogP contribution >= 0.6 is 0 Å². The van der Waals surface area contributed by atoms with E-state index >= 15 is 0 Å². The Hall–Kier alpha value is -2.05. The Bertz CT molecular complexity index is 835. The number of likely N-dealkylation sites (tertiary alicyclic amines) is 1. The second-order valence-electron chi connectivity index (χ2n) is 8.51. The molecule has 1 saturated heterocycles. The second kappa shape index (κ2) is 8.00. The fourth-order valence-electron chi connectivity index (χ4n) is 4.82. The summed E-state index contributed by atoms with van der Waals surface area (Å²) < 4.78 is 41.0. The predicted octanol–water partition coefficient (Wildman–Crippen LogP) is 4.67. The Labute approximate surface area is 169 Å². The molecule has 6 heteroatoms. The molecule has 2 atom stereocenters. The molecule has 0 radical (unpaired) electrons. The molecule has 1 heterocycles. The lowest BCUT2D eigenvalue weighted by molar-refractivity contribution is -0.274. The number of hydrogen-bond acceptors (Lipinski definition) is 3. The number of piperidine rings is 1.